The lowest BCUT2D eigenvalue weighted by Crippen LogP contribution is -2.28. The van der Waals surface area contributed by atoms with Crippen LogP contribution in [0.3, 0.4) is 0 Å². The van der Waals surface area contributed by atoms with Crippen molar-refractivity contribution in [3.05, 3.63) is 12.3 Å². The number of ether oxygens (including phenoxy) is 2. The van der Waals surface area contributed by atoms with Gasteiger partial charge in [0.25, 0.3) is 0 Å². The van der Waals surface area contributed by atoms with Gasteiger partial charge >= 0.3 is 5.97 Å². The fourth-order valence-corrected chi connectivity index (χ4v) is 7.47. The highest BCUT2D eigenvalue weighted by Crippen LogP contribution is 2.19. The molecule has 0 aliphatic heterocycles. The molecule has 0 saturated carbocycles. The smallest absolute Gasteiger partial charge is 0.306 e. The van der Waals surface area contributed by atoms with E-state index in [0.717, 1.165) is 51.0 Å². The number of unbranched alkanes of at least 4 members (excludes halogenated alkanes) is 23. The van der Waals surface area contributed by atoms with Gasteiger partial charge in [-0.15, -0.1) is 0 Å². The van der Waals surface area contributed by atoms with Crippen molar-refractivity contribution in [1.29, 1.82) is 0 Å². The minimum Gasteiger partial charge on any atom is -0.499 e. The normalized spacial score (nSPS) is 11.6. The second kappa shape index (κ2) is 43.0. The molecule has 1 N–H and O–H groups in total. The molecule has 0 aromatic heterocycles. The van der Waals surface area contributed by atoms with E-state index < -0.39 is 0 Å². The van der Waals surface area contributed by atoms with Gasteiger partial charge in [0, 0.05) is 19.4 Å². The van der Waals surface area contributed by atoms with Crippen molar-refractivity contribution in [1.82, 2.24) is 9.62 Å². The first-order valence-corrected chi connectivity index (χ1v) is 24.3. The van der Waals surface area contributed by atoms with E-state index in [1.165, 1.54) is 193 Å². The molecule has 0 bridgehead atoms. The lowest BCUT2D eigenvalue weighted by atomic mass is 10.0. The Kier molecular flexibility index (Phi) is 42.4. The summed E-state index contributed by atoms with van der Waals surface area (Å²) < 4.78 is 15.4. The van der Waals surface area contributed by atoms with Gasteiger partial charge in [0.15, 0.2) is 0 Å². The van der Waals surface area contributed by atoms with Gasteiger partial charge in [-0.1, -0.05) is 174 Å². The van der Waals surface area contributed by atoms with Gasteiger partial charge in [0.2, 0.25) is 0 Å². The average molecular weight is 753 g/mol. The summed E-state index contributed by atoms with van der Waals surface area (Å²) >= 11 is 1.72. The molecule has 0 aliphatic carbocycles. The molecule has 0 aliphatic rings. The van der Waals surface area contributed by atoms with Crippen molar-refractivity contribution < 1.29 is 14.3 Å². The van der Waals surface area contributed by atoms with Crippen molar-refractivity contribution in [3.8, 4) is 0 Å². The molecular weight excluding hydrogens is 661 g/mol. The van der Waals surface area contributed by atoms with E-state index in [1.54, 1.807) is 11.9 Å². The van der Waals surface area contributed by atoms with Gasteiger partial charge in [-0.2, -0.15) is 0 Å². The SMILES string of the molecule is C=C(CCCCCCCN(CCCCCCCC(=O)OC(CCCCCCCC)CCCCCCCC)CCCNSC)OCCCCCCCC. The highest BCUT2D eigenvalue weighted by atomic mass is 32.2. The third kappa shape index (κ3) is 39.0. The van der Waals surface area contributed by atoms with Crippen LogP contribution in [0.25, 0.3) is 0 Å². The highest BCUT2D eigenvalue weighted by Gasteiger charge is 2.14. The number of hydrogen-bond donors (Lipinski definition) is 1. The van der Waals surface area contributed by atoms with Crippen LogP contribution in [0.5, 0.6) is 0 Å². The van der Waals surface area contributed by atoms with E-state index in [2.05, 4.69) is 43.2 Å². The molecule has 0 aromatic carbocycles. The Morgan fingerprint density at radius 3 is 1.50 bits per heavy atom. The Hall–Kier alpha value is -0.720. The Morgan fingerprint density at radius 2 is 0.981 bits per heavy atom. The zero-order chi connectivity index (χ0) is 38.0. The summed E-state index contributed by atoms with van der Waals surface area (Å²) in [6, 6.07) is 0. The van der Waals surface area contributed by atoms with Gasteiger partial charge in [-0.25, -0.2) is 0 Å². The molecule has 0 saturated heterocycles. The third-order valence-electron chi connectivity index (χ3n) is 10.5. The van der Waals surface area contributed by atoms with Gasteiger partial charge in [-0.05, 0) is 90.1 Å². The molecule has 0 heterocycles. The summed E-state index contributed by atoms with van der Waals surface area (Å²) in [6.07, 6.45) is 42.9. The fourth-order valence-electron chi connectivity index (χ4n) is 7.12. The summed E-state index contributed by atoms with van der Waals surface area (Å²) in [5, 5.41) is 0. The van der Waals surface area contributed by atoms with Gasteiger partial charge in [0.05, 0.1) is 12.4 Å². The number of allylic oxidation sites excluding steroid dienone is 1. The summed E-state index contributed by atoms with van der Waals surface area (Å²) in [5.41, 5.74) is 0. The second-order valence-corrected chi connectivity index (χ2v) is 16.4. The predicted molar refractivity (Wildman–Crippen MR) is 232 cm³/mol. The van der Waals surface area contributed by atoms with Crippen LogP contribution < -0.4 is 4.72 Å². The van der Waals surface area contributed by atoms with Crippen LogP contribution in [0, 0.1) is 0 Å². The Labute approximate surface area is 330 Å². The first kappa shape index (κ1) is 51.3. The summed E-state index contributed by atoms with van der Waals surface area (Å²) in [5.74, 6) is 1.04. The fraction of sp³-hybridized carbons (Fsp3) is 0.935. The number of hydrogen-bond acceptors (Lipinski definition) is 6. The summed E-state index contributed by atoms with van der Waals surface area (Å²) in [7, 11) is 0. The van der Waals surface area contributed by atoms with Gasteiger partial charge in [0.1, 0.15) is 6.10 Å². The minimum atomic E-state index is 0.0498. The maximum atomic E-state index is 12.8. The van der Waals surface area contributed by atoms with E-state index in [4.69, 9.17) is 9.47 Å². The molecular formula is C46H92N2O3S. The van der Waals surface area contributed by atoms with Crippen LogP contribution in [-0.4, -0.2) is 56.0 Å². The van der Waals surface area contributed by atoms with Crippen molar-refractivity contribution in [2.75, 3.05) is 39.0 Å². The number of carbonyl (C=O) groups excluding carboxylic acids is 1. The number of esters is 1. The number of carbonyl (C=O) groups is 1. The molecule has 0 radical (unpaired) electrons. The van der Waals surface area contributed by atoms with Crippen molar-refractivity contribution >= 4 is 17.9 Å². The van der Waals surface area contributed by atoms with Crippen LogP contribution >= 0.6 is 11.9 Å². The lowest BCUT2D eigenvalue weighted by Gasteiger charge is -2.22. The molecule has 6 heteroatoms. The van der Waals surface area contributed by atoms with Crippen LogP contribution in [0.15, 0.2) is 12.3 Å². The summed E-state index contributed by atoms with van der Waals surface area (Å²) in [6.45, 7) is 16.5. The Balaban J connectivity index is 4.17. The number of nitrogens with one attached hydrogen (secondary N) is 1. The number of nitrogens with zero attached hydrogens (tertiary/aromatic N) is 1. The molecule has 52 heavy (non-hydrogen) atoms. The molecule has 0 rings (SSSR count). The van der Waals surface area contributed by atoms with Crippen molar-refractivity contribution in [3.63, 3.8) is 0 Å². The molecule has 310 valence electrons. The monoisotopic (exact) mass is 753 g/mol. The third-order valence-corrected chi connectivity index (χ3v) is 11.0. The topological polar surface area (TPSA) is 50.8 Å². The van der Waals surface area contributed by atoms with Crippen molar-refractivity contribution in [2.24, 2.45) is 0 Å². The molecule has 0 spiro atoms. The summed E-state index contributed by atoms with van der Waals surface area (Å²) in [4.78, 5) is 15.5. The predicted octanol–water partition coefficient (Wildman–Crippen LogP) is 14.5. The lowest BCUT2D eigenvalue weighted by molar-refractivity contribution is -0.150. The second-order valence-electron chi connectivity index (χ2n) is 15.7. The average Bonchev–Trinajstić information content (AvgIpc) is 3.14. The van der Waals surface area contributed by atoms with E-state index >= 15 is 0 Å². The molecule has 0 amide bonds. The minimum absolute atomic E-state index is 0.0498. The Morgan fingerprint density at radius 1 is 0.558 bits per heavy atom. The standard InChI is InChI=1S/C46H92N2O3S/c1-6-9-12-15-21-28-36-45(37-29-22-16-13-10-7-2)51-46(49)38-30-23-19-25-32-41-48(42-34-39-47-52-5)40-31-24-18-20-27-35-44(4)50-43-33-26-17-14-11-8-3/h45,47H,4,6-43H2,1-3,5H3. The first-order chi connectivity index (χ1) is 25.6. The van der Waals surface area contributed by atoms with Crippen LogP contribution in [0.2, 0.25) is 0 Å². The van der Waals surface area contributed by atoms with Gasteiger partial charge < -0.3 is 14.4 Å². The quantitative estimate of drug-likeness (QED) is 0.0289. The Bertz CT molecular complexity index is 720. The molecule has 0 unspecified atom stereocenters. The van der Waals surface area contributed by atoms with E-state index in [9.17, 15) is 4.79 Å². The largest absolute Gasteiger partial charge is 0.499 e. The zero-order valence-corrected chi connectivity index (χ0v) is 36.6. The molecule has 0 fully saturated rings. The van der Waals surface area contributed by atoms with Crippen molar-refractivity contribution in [2.45, 2.75) is 239 Å². The van der Waals surface area contributed by atoms with E-state index in [-0.39, 0.29) is 12.1 Å². The van der Waals surface area contributed by atoms with Crippen LogP contribution in [0.4, 0.5) is 0 Å². The molecule has 0 aromatic rings. The molecule has 5 nitrogen and oxygen atoms in total. The van der Waals surface area contributed by atoms with Crippen LogP contribution in [0.1, 0.15) is 233 Å². The van der Waals surface area contributed by atoms with Gasteiger partial charge in [-0.3, -0.25) is 9.52 Å². The maximum absolute atomic E-state index is 12.8. The maximum Gasteiger partial charge on any atom is 0.306 e. The van der Waals surface area contributed by atoms with Crippen LogP contribution in [-0.2, 0) is 14.3 Å². The molecule has 0 atom stereocenters. The van der Waals surface area contributed by atoms with E-state index in [0.29, 0.717) is 6.42 Å². The zero-order valence-electron chi connectivity index (χ0n) is 35.7. The number of rotatable bonds is 44. The highest BCUT2D eigenvalue weighted by molar-refractivity contribution is 7.96. The van der Waals surface area contributed by atoms with E-state index in [1.807, 2.05) is 0 Å². The first-order valence-electron chi connectivity index (χ1n) is 23.0.